The number of hydrogen-bond acceptors (Lipinski definition) is 6. The molecule has 0 spiro atoms. The van der Waals surface area contributed by atoms with Crippen molar-refractivity contribution in [1.29, 1.82) is 0 Å². The monoisotopic (exact) mass is 667 g/mol. The third-order valence-corrected chi connectivity index (χ3v) is 12.3. The number of piperidine rings is 1. The van der Waals surface area contributed by atoms with Gasteiger partial charge in [-0.2, -0.15) is 11.8 Å². The van der Waals surface area contributed by atoms with Gasteiger partial charge in [0.15, 0.2) is 0 Å². The minimum absolute atomic E-state index is 0.0849. The number of carbonyl (C=O) groups excluding carboxylic acids is 5. The third kappa shape index (κ3) is 8.15. The van der Waals surface area contributed by atoms with E-state index in [4.69, 9.17) is 5.73 Å². The summed E-state index contributed by atoms with van der Waals surface area (Å²) in [6, 6.07) is 7.24. The number of fused-ring (bicyclic) bond motifs is 1. The van der Waals surface area contributed by atoms with Gasteiger partial charge in [-0.1, -0.05) is 97.1 Å². The van der Waals surface area contributed by atoms with Crippen molar-refractivity contribution >= 4 is 41.3 Å². The van der Waals surface area contributed by atoms with Crippen LogP contribution in [0.25, 0.3) is 0 Å². The predicted molar refractivity (Wildman–Crippen MR) is 183 cm³/mol. The average Bonchev–Trinajstić information content (AvgIpc) is 3.86. The highest BCUT2D eigenvalue weighted by molar-refractivity contribution is 7.98. The number of likely N-dealkylation sites (tertiary alicyclic amines) is 1. The first-order valence-electron chi connectivity index (χ1n) is 17.3. The molecule has 47 heavy (non-hydrogen) atoms. The second kappa shape index (κ2) is 13.8. The van der Waals surface area contributed by atoms with E-state index in [9.17, 15) is 24.0 Å². The molecule has 1 heterocycles. The van der Waals surface area contributed by atoms with E-state index in [1.165, 1.54) is 5.56 Å². The number of Topliss-reactive ketones (excluding diaryl/α,β-unsaturated/α-hetero) is 1. The van der Waals surface area contributed by atoms with E-state index in [2.05, 4.69) is 41.9 Å². The SMILES string of the molecule is CC(C)(C)[C@H](NC(=O)NC1(CSCc2ccccc2)CCCCC1)C(=O)N1C[C@H]2[C@@H]([C@H]1C(=O)NC(CC1CC1)C(=O)C(N)=O)C2(C)C. The van der Waals surface area contributed by atoms with Crippen LogP contribution in [0.4, 0.5) is 4.79 Å². The number of nitrogens with two attached hydrogens (primary N) is 1. The molecule has 5 N–H and O–H groups in total. The lowest BCUT2D eigenvalue weighted by atomic mass is 9.83. The van der Waals surface area contributed by atoms with Crippen LogP contribution in [0.3, 0.4) is 0 Å². The van der Waals surface area contributed by atoms with Gasteiger partial charge in [-0.15, -0.1) is 0 Å². The summed E-state index contributed by atoms with van der Waals surface area (Å²) in [4.78, 5) is 68.1. The molecule has 0 aromatic heterocycles. The number of primary amides is 1. The van der Waals surface area contributed by atoms with Gasteiger partial charge in [0, 0.05) is 18.1 Å². The van der Waals surface area contributed by atoms with Crippen molar-refractivity contribution in [3.63, 3.8) is 0 Å². The minimum atomic E-state index is -1.07. The molecular formula is C36H53N5O5S. The van der Waals surface area contributed by atoms with E-state index in [1.807, 2.05) is 50.7 Å². The third-order valence-electron chi connectivity index (χ3n) is 11.0. The zero-order valence-electron chi connectivity index (χ0n) is 28.6. The molecule has 4 fully saturated rings. The number of carbonyl (C=O) groups is 5. The maximum atomic E-state index is 14.4. The molecule has 3 saturated carbocycles. The van der Waals surface area contributed by atoms with Crippen molar-refractivity contribution in [1.82, 2.24) is 20.9 Å². The minimum Gasteiger partial charge on any atom is -0.363 e. The van der Waals surface area contributed by atoms with Gasteiger partial charge in [0.05, 0.1) is 11.6 Å². The van der Waals surface area contributed by atoms with Crippen LogP contribution in [0.1, 0.15) is 91.5 Å². The van der Waals surface area contributed by atoms with Gasteiger partial charge in [-0.25, -0.2) is 4.79 Å². The molecule has 0 radical (unpaired) electrons. The second-order valence-corrected chi connectivity index (χ2v) is 17.1. The van der Waals surface area contributed by atoms with Gasteiger partial charge >= 0.3 is 6.03 Å². The lowest BCUT2D eigenvalue weighted by Crippen LogP contribution is -2.63. The van der Waals surface area contributed by atoms with Gasteiger partial charge in [0.1, 0.15) is 12.1 Å². The van der Waals surface area contributed by atoms with Crippen LogP contribution in [-0.4, -0.2) is 70.4 Å². The summed E-state index contributed by atoms with van der Waals surface area (Å²) in [5, 5.41) is 9.15. The van der Waals surface area contributed by atoms with Gasteiger partial charge in [0.2, 0.25) is 17.6 Å². The zero-order valence-corrected chi connectivity index (χ0v) is 29.4. The molecule has 5 amide bonds. The summed E-state index contributed by atoms with van der Waals surface area (Å²) in [7, 11) is 0. The molecule has 10 nitrogen and oxygen atoms in total. The first kappa shape index (κ1) is 35.2. The maximum Gasteiger partial charge on any atom is 0.315 e. The molecule has 3 aliphatic carbocycles. The molecule has 1 unspecified atom stereocenters. The number of hydrogen-bond donors (Lipinski definition) is 4. The second-order valence-electron chi connectivity index (χ2n) is 16.1. The molecule has 5 rings (SSSR count). The fourth-order valence-electron chi connectivity index (χ4n) is 7.86. The molecule has 1 saturated heterocycles. The Morgan fingerprint density at radius 1 is 1.00 bits per heavy atom. The highest BCUT2D eigenvalue weighted by atomic mass is 32.2. The summed E-state index contributed by atoms with van der Waals surface area (Å²) < 4.78 is 0. The summed E-state index contributed by atoms with van der Waals surface area (Å²) in [6.45, 7) is 10.3. The Hall–Kier alpha value is -3.08. The number of ketones is 1. The number of benzene rings is 1. The fraction of sp³-hybridized carbons (Fsp3) is 0.694. The summed E-state index contributed by atoms with van der Waals surface area (Å²) >= 11 is 1.81. The molecule has 1 aromatic carbocycles. The van der Waals surface area contributed by atoms with Crippen LogP contribution in [0.5, 0.6) is 0 Å². The number of urea groups is 1. The lowest BCUT2D eigenvalue weighted by molar-refractivity contribution is -0.145. The standard InChI is InChI=1S/C36H53N5O5S/c1-34(2,3)29(39-33(46)40-36(16-10-7-11-17-36)21-47-20-23-12-8-6-9-13-23)32(45)41-19-24-26(35(24,4)5)27(41)31(44)38-25(18-22-14-15-22)28(42)30(37)43/h6,8-9,12-13,22,24-27,29H,7,10-11,14-21H2,1-5H3,(H2,37,43)(H,38,44)(H2,39,40,46)/t24-,25?,26-,27-,29+/m0/s1. The number of amides is 5. The summed E-state index contributed by atoms with van der Waals surface area (Å²) in [5.74, 6) is -0.685. The van der Waals surface area contributed by atoms with Crippen molar-refractivity contribution in [2.75, 3.05) is 12.3 Å². The van der Waals surface area contributed by atoms with Gasteiger partial charge in [-0.05, 0) is 53.4 Å². The van der Waals surface area contributed by atoms with E-state index in [1.54, 1.807) is 4.90 Å². The van der Waals surface area contributed by atoms with E-state index in [0.717, 1.165) is 56.5 Å². The van der Waals surface area contributed by atoms with E-state index in [0.29, 0.717) is 13.0 Å². The first-order chi connectivity index (χ1) is 22.1. The molecule has 258 valence electrons. The lowest BCUT2D eigenvalue weighted by Gasteiger charge is -2.40. The van der Waals surface area contributed by atoms with E-state index in [-0.39, 0.29) is 40.6 Å². The van der Waals surface area contributed by atoms with Crippen LogP contribution >= 0.6 is 11.8 Å². The highest BCUT2D eigenvalue weighted by Crippen LogP contribution is 2.65. The van der Waals surface area contributed by atoms with Crippen LogP contribution in [0.15, 0.2) is 30.3 Å². The van der Waals surface area contributed by atoms with Crippen molar-refractivity contribution < 1.29 is 24.0 Å². The Kier molecular flexibility index (Phi) is 10.3. The average molecular weight is 668 g/mol. The largest absolute Gasteiger partial charge is 0.363 e. The van der Waals surface area contributed by atoms with E-state index >= 15 is 0 Å². The van der Waals surface area contributed by atoms with Gasteiger partial charge in [0.25, 0.3) is 5.91 Å². The Morgan fingerprint density at radius 2 is 1.66 bits per heavy atom. The molecule has 1 aromatic rings. The molecule has 11 heteroatoms. The smallest absolute Gasteiger partial charge is 0.315 e. The fourth-order valence-corrected chi connectivity index (χ4v) is 9.14. The van der Waals surface area contributed by atoms with Crippen LogP contribution in [0, 0.1) is 28.6 Å². The highest BCUT2D eigenvalue weighted by Gasteiger charge is 2.70. The summed E-state index contributed by atoms with van der Waals surface area (Å²) in [6.07, 6.45) is 7.24. The van der Waals surface area contributed by atoms with Gasteiger partial charge in [-0.3, -0.25) is 19.2 Å². The van der Waals surface area contributed by atoms with Crippen molar-refractivity contribution in [2.24, 2.45) is 34.3 Å². The Balaban J connectivity index is 1.29. The Morgan fingerprint density at radius 3 is 2.26 bits per heavy atom. The van der Waals surface area contributed by atoms with Crippen LogP contribution < -0.4 is 21.7 Å². The maximum absolute atomic E-state index is 14.4. The quantitative estimate of drug-likeness (QED) is 0.232. The van der Waals surface area contributed by atoms with Crippen molar-refractivity contribution in [3.05, 3.63) is 35.9 Å². The summed E-state index contributed by atoms with van der Waals surface area (Å²) in [5.41, 5.74) is 5.42. The predicted octanol–water partition coefficient (Wildman–Crippen LogP) is 4.16. The number of thioether (sulfide) groups is 1. The van der Waals surface area contributed by atoms with Crippen LogP contribution in [-0.2, 0) is 24.9 Å². The molecular weight excluding hydrogens is 614 g/mol. The molecule has 4 aliphatic rings. The van der Waals surface area contributed by atoms with Crippen LogP contribution in [0.2, 0.25) is 0 Å². The molecule has 1 aliphatic heterocycles. The zero-order chi connectivity index (χ0) is 34.1. The topological polar surface area (TPSA) is 151 Å². The molecule has 0 bridgehead atoms. The van der Waals surface area contributed by atoms with Crippen molar-refractivity contribution in [3.8, 4) is 0 Å². The van der Waals surface area contributed by atoms with E-state index < -0.39 is 41.1 Å². The number of nitrogens with one attached hydrogen (secondary N) is 3. The first-order valence-corrected chi connectivity index (χ1v) is 18.4. The van der Waals surface area contributed by atoms with Gasteiger partial charge < -0.3 is 26.6 Å². The molecule has 5 atom stereocenters. The normalized spacial score (nSPS) is 25.6. The van der Waals surface area contributed by atoms with Crippen molar-refractivity contribution in [2.45, 2.75) is 115 Å². The number of rotatable bonds is 13. The number of nitrogens with zero attached hydrogens (tertiary/aromatic N) is 1. The Bertz CT molecular complexity index is 1350. The Labute approximate surface area is 283 Å².